The predicted octanol–water partition coefficient (Wildman–Crippen LogP) is 4.13. The molecule has 4 rings (SSSR count). The summed E-state index contributed by atoms with van der Waals surface area (Å²) >= 11 is 0. The number of fused-ring (bicyclic) bond motifs is 1. The fourth-order valence-electron chi connectivity index (χ4n) is 4.28. The molecule has 0 bridgehead atoms. The van der Waals surface area contributed by atoms with Crippen LogP contribution in [-0.4, -0.2) is 17.6 Å². The molecule has 2 aromatic rings. The van der Waals surface area contributed by atoms with E-state index in [1.165, 1.54) is 6.42 Å². The summed E-state index contributed by atoms with van der Waals surface area (Å²) in [5.74, 6) is -1.73. The topological polar surface area (TPSA) is 40.5 Å². The lowest BCUT2D eigenvalue weighted by molar-refractivity contribution is -0.132. The van der Waals surface area contributed by atoms with Crippen LogP contribution in [0.25, 0.3) is 0 Å². The standard InChI is InChI=1S/C21H21F2NO2/c22-15-10-11-18(23)17(12-15)21(26)16-8-4-5-9-19(16)24(20(21)25)13-14-6-2-1-3-7-14/h4-5,8-12,14,26H,1-3,6-7,13H2. The van der Waals surface area contributed by atoms with Gasteiger partial charge in [0.2, 0.25) is 0 Å². The van der Waals surface area contributed by atoms with Crippen LogP contribution < -0.4 is 4.90 Å². The SMILES string of the molecule is O=C1N(CC2CCCCC2)c2ccccc2C1(O)c1cc(F)ccc1F. The van der Waals surface area contributed by atoms with Gasteiger partial charge in [-0.1, -0.05) is 37.5 Å². The van der Waals surface area contributed by atoms with Crippen LogP contribution in [0.3, 0.4) is 0 Å². The zero-order valence-corrected chi connectivity index (χ0v) is 14.4. The number of nitrogens with zero attached hydrogens (tertiary/aromatic N) is 1. The number of amides is 1. The number of anilines is 1. The third-order valence-corrected chi connectivity index (χ3v) is 5.62. The summed E-state index contributed by atoms with van der Waals surface area (Å²) in [6.45, 7) is 0.495. The minimum atomic E-state index is -2.20. The number of carbonyl (C=O) groups is 1. The average molecular weight is 357 g/mol. The second-order valence-electron chi connectivity index (χ2n) is 7.27. The van der Waals surface area contributed by atoms with Gasteiger partial charge < -0.3 is 10.0 Å². The molecule has 1 atom stereocenters. The Morgan fingerprint density at radius 2 is 1.77 bits per heavy atom. The fraction of sp³-hybridized carbons (Fsp3) is 0.381. The Hall–Kier alpha value is -2.27. The van der Waals surface area contributed by atoms with Gasteiger partial charge in [0.1, 0.15) is 11.6 Å². The molecule has 2 aliphatic rings. The predicted molar refractivity (Wildman–Crippen MR) is 94.7 cm³/mol. The quantitative estimate of drug-likeness (QED) is 0.897. The Balaban J connectivity index is 1.79. The Bertz CT molecular complexity index is 848. The molecule has 1 aliphatic carbocycles. The highest BCUT2D eigenvalue weighted by molar-refractivity contribution is 6.09. The number of halogens is 2. The van der Waals surface area contributed by atoms with Crippen LogP contribution in [0.4, 0.5) is 14.5 Å². The van der Waals surface area contributed by atoms with E-state index in [1.54, 1.807) is 29.2 Å². The molecule has 3 nitrogen and oxygen atoms in total. The number of para-hydroxylation sites is 1. The van der Waals surface area contributed by atoms with Crippen molar-refractivity contribution in [3.8, 4) is 0 Å². The molecule has 0 radical (unpaired) electrons. The summed E-state index contributed by atoms with van der Waals surface area (Å²) in [4.78, 5) is 14.8. The maximum Gasteiger partial charge on any atom is 0.268 e. The molecular weight excluding hydrogens is 336 g/mol. The lowest BCUT2D eigenvalue weighted by Gasteiger charge is -2.29. The van der Waals surface area contributed by atoms with Gasteiger partial charge in [0, 0.05) is 17.7 Å². The van der Waals surface area contributed by atoms with Crippen LogP contribution in [0.2, 0.25) is 0 Å². The summed E-state index contributed by atoms with van der Waals surface area (Å²) in [6.07, 6.45) is 5.56. The smallest absolute Gasteiger partial charge is 0.268 e. The van der Waals surface area contributed by atoms with Gasteiger partial charge in [0.15, 0.2) is 5.60 Å². The maximum absolute atomic E-state index is 14.4. The molecule has 1 saturated carbocycles. The second-order valence-corrected chi connectivity index (χ2v) is 7.27. The van der Waals surface area contributed by atoms with Crippen molar-refractivity contribution in [2.24, 2.45) is 5.92 Å². The molecule has 1 aliphatic heterocycles. The molecular formula is C21H21F2NO2. The highest BCUT2D eigenvalue weighted by Gasteiger charge is 2.52. The molecule has 0 saturated heterocycles. The Kier molecular flexibility index (Phi) is 4.27. The van der Waals surface area contributed by atoms with E-state index in [0.717, 1.165) is 43.9 Å². The molecule has 1 fully saturated rings. The van der Waals surface area contributed by atoms with Crippen molar-refractivity contribution < 1.29 is 18.7 Å². The first-order valence-electron chi connectivity index (χ1n) is 9.11. The van der Waals surface area contributed by atoms with Gasteiger partial charge >= 0.3 is 0 Å². The Morgan fingerprint density at radius 1 is 1.04 bits per heavy atom. The van der Waals surface area contributed by atoms with Gasteiger partial charge in [-0.3, -0.25) is 4.79 Å². The van der Waals surface area contributed by atoms with Crippen molar-refractivity contribution in [2.75, 3.05) is 11.4 Å². The zero-order chi connectivity index (χ0) is 18.3. The van der Waals surface area contributed by atoms with Gasteiger partial charge in [0.25, 0.3) is 5.91 Å². The van der Waals surface area contributed by atoms with Crippen LogP contribution in [0.5, 0.6) is 0 Å². The first-order valence-corrected chi connectivity index (χ1v) is 9.11. The van der Waals surface area contributed by atoms with E-state index >= 15 is 0 Å². The molecule has 1 N–H and O–H groups in total. The van der Waals surface area contributed by atoms with Gasteiger partial charge in [0.05, 0.1) is 5.69 Å². The van der Waals surface area contributed by atoms with Gasteiger partial charge in [-0.15, -0.1) is 0 Å². The van der Waals surface area contributed by atoms with E-state index in [-0.39, 0.29) is 5.56 Å². The molecule has 0 spiro atoms. The van der Waals surface area contributed by atoms with Gasteiger partial charge in [-0.25, -0.2) is 8.78 Å². The van der Waals surface area contributed by atoms with E-state index in [4.69, 9.17) is 0 Å². The van der Waals surface area contributed by atoms with Crippen LogP contribution in [0.1, 0.15) is 43.2 Å². The summed E-state index contributed by atoms with van der Waals surface area (Å²) in [7, 11) is 0. The molecule has 1 heterocycles. The number of hydrogen-bond acceptors (Lipinski definition) is 2. The molecule has 2 aromatic carbocycles. The van der Waals surface area contributed by atoms with Crippen LogP contribution >= 0.6 is 0 Å². The van der Waals surface area contributed by atoms with Crippen LogP contribution in [0, 0.1) is 17.6 Å². The van der Waals surface area contributed by atoms with Crippen LogP contribution in [-0.2, 0) is 10.4 Å². The highest BCUT2D eigenvalue weighted by atomic mass is 19.1. The molecule has 136 valence electrons. The van der Waals surface area contributed by atoms with Crippen molar-refractivity contribution in [2.45, 2.75) is 37.7 Å². The third-order valence-electron chi connectivity index (χ3n) is 5.62. The normalized spacial score (nSPS) is 23.3. The van der Waals surface area contributed by atoms with Crippen molar-refractivity contribution >= 4 is 11.6 Å². The monoisotopic (exact) mass is 357 g/mol. The van der Waals surface area contributed by atoms with Gasteiger partial charge in [-0.05, 0) is 43.0 Å². The first-order chi connectivity index (χ1) is 12.5. The summed E-state index contributed by atoms with van der Waals surface area (Å²) in [5.41, 5.74) is -1.64. The molecule has 5 heteroatoms. The van der Waals surface area contributed by atoms with E-state index in [9.17, 15) is 18.7 Å². The van der Waals surface area contributed by atoms with Crippen molar-refractivity contribution in [1.29, 1.82) is 0 Å². The lowest BCUT2D eigenvalue weighted by atomic mass is 9.87. The number of carbonyl (C=O) groups excluding carboxylic acids is 1. The van der Waals surface area contributed by atoms with E-state index in [1.807, 2.05) is 0 Å². The average Bonchev–Trinajstić information content (AvgIpc) is 2.88. The first kappa shape index (κ1) is 17.2. The molecule has 26 heavy (non-hydrogen) atoms. The highest BCUT2D eigenvalue weighted by Crippen LogP contribution is 2.46. The number of aliphatic hydroxyl groups is 1. The minimum Gasteiger partial charge on any atom is -0.372 e. The fourth-order valence-corrected chi connectivity index (χ4v) is 4.28. The van der Waals surface area contributed by atoms with Gasteiger partial charge in [-0.2, -0.15) is 0 Å². The summed E-state index contributed by atoms with van der Waals surface area (Å²) in [5, 5.41) is 11.3. The Morgan fingerprint density at radius 3 is 2.54 bits per heavy atom. The number of hydrogen-bond donors (Lipinski definition) is 1. The zero-order valence-electron chi connectivity index (χ0n) is 14.4. The van der Waals surface area contributed by atoms with E-state index in [2.05, 4.69) is 0 Å². The second kappa shape index (κ2) is 6.47. The maximum atomic E-state index is 14.4. The van der Waals surface area contributed by atoms with Crippen molar-refractivity contribution in [3.63, 3.8) is 0 Å². The number of benzene rings is 2. The summed E-state index contributed by atoms with van der Waals surface area (Å²) < 4.78 is 28.2. The van der Waals surface area contributed by atoms with E-state index < -0.39 is 23.1 Å². The minimum absolute atomic E-state index is 0.310. The third kappa shape index (κ3) is 2.62. The van der Waals surface area contributed by atoms with Crippen LogP contribution in [0.15, 0.2) is 42.5 Å². The van der Waals surface area contributed by atoms with Crippen molar-refractivity contribution in [3.05, 3.63) is 65.2 Å². The molecule has 1 amide bonds. The molecule has 0 aromatic heterocycles. The summed E-state index contributed by atoms with van der Waals surface area (Å²) in [6, 6.07) is 9.68. The molecule has 1 unspecified atom stereocenters. The number of rotatable bonds is 3. The largest absolute Gasteiger partial charge is 0.372 e. The van der Waals surface area contributed by atoms with Crippen molar-refractivity contribution in [1.82, 2.24) is 0 Å². The van der Waals surface area contributed by atoms with E-state index in [0.29, 0.717) is 23.7 Å². The Labute approximate surface area is 151 Å². The lowest BCUT2D eigenvalue weighted by Crippen LogP contribution is -2.43.